The SMILES string of the molecule is CC(C)(C)OC(=O)c1nnnn1CN. The van der Waals surface area contributed by atoms with Gasteiger partial charge in [-0.1, -0.05) is 0 Å². The summed E-state index contributed by atoms with van der Waals surface area (Å²) in [4.78, 5) is 11.5. The van der Waals surface area contributed by atoms with Crippen LogP contribution in [0.5, 0.6) is 0 Å². The second-order valence-electron chi connectivity index (χ2n) is 3.69. The lowest BCUT2D eigenvalue weighted by molar-refractivity contribution is 0.00487. The van der Waals surface area contributed by atoms with Gasteiger partial charge in [0.25, 0.3) is 5.82 Å². The van der Waals surface area contributed by atoms with E-state index in [-0.39, 0.29) is 12.5 Å². The van der Waals surface area contributed by atoms with E-state index in [1.807, 2.05) is 0 Å². The van der Waals surface area contributed by atoms with Crippen molar-refractivity contribution in [3.05, 3.63) is 5.82 Å². The predicted molar refractivity (Wildman–Crippen MR) is 47.2 cm³/mol. The zero-order valence-electron chi connectivity index (χ0n) is 8.39. The van der Waals surface area contributed by atoms with Crippen LogP contribution in [0.1, 0.15) is 31.4 Å². The Balaban J connectivity index is 2.80. The Morgan fingerprint density at radius 2 is 2.21 bits per heavy atom. The van der Waals surface area contributed by atoms with Crippen molar-refractivity contribution in [1.82, 2.24) is 20.2 Å². The molecule has 0 bridgehead atoms. The molecule has 1 aromatic heterocycles. The molecule has 0 aliphatic carbocycles. The number of rotatable bonds is 2. The number of carbonyl (C=O) groups excluding carboxylic acids is 1. The number of hydrogen-bond donors (Lipinski definition) is 1. The summed E-state index contributed by atoms with van der Waals surface area (Å²) in [5.74, 6) is -0.560. The summed E-state index contributed by atoms with van der Waals surface area (Å²) in [6, 6.07) is 0. The van der Waals surface area contributed by atoms with Crippen molar-refractivity contribution < 1.29 is 9.53 Å². The van der Waals surface area contributed by atoms with Crippen LogP contribution in [-0.2, 0) is 11.4 Å². The van der Waals surface area contributed by atoms with E-state index in [1.54, 1.807) is 20.8 Å². The molecule has 0 unspecified atom stereocenters. The highest BCUT2D eigenvalue weighted by Crippen LogP contribution is 2.09. The van der Waals surface area contributed by atoms with Gasteiger partial charge in [-0.3, -0.25) is 0 Å². The largest absolute Gasteiger partial charge is 0.454 e. The zero-order valence-corrected chi connectivity index (χ0v) is 8.39. The summed E-state index contributed by atoms with van der Waals surface area (Å²) in [5, 5.41) is 10.4. The summed E-state index contributed by atoms with van der Waals surface area (Å²) in [6.07, 6.45) is 0. The van der Waals surface area contributed by atoms with Gasteiger partial charge in [0.05, 0.1) is 6.67 Å². The Morgan fingerprint density at radius 1 is 1.57 bits per heavy atom. The van der Waals surface area contributed by atoms with Crippen LogP contribution in [0, 0.1) is 0 Å². The molecule has 0 spiro atoms. The standard InChI is InChI=1S/C7H13N5O2/c1-7(2,3)14-6(13)5-9-10-11-12(5)4-8/h4,8H2,1-3H3. The van der Waals surface area contributed by atoms with Gasteiger partial charge in [-0.05, 0) is 31.2 Å². The molecule has 0 aromatic carbocycles. The first-order valence-electron chi connectivity index (χ1n) is 4.13. The van der Waals surface area contributed by atoms with E-state index in [4.69, 9.17) is 10.5 Å². The van der Waals surface area contributed by atoms with Crippen LogP contribution in [0.15, 0.2) is 0 Å². The minimum absolute atomic E-state index is 0.0161. The molecule has 0 atom stereocenters. The van der Waals surface area contributed by atoms with Crippen LogP contribution in [-0.4, -0.2) is 31.8 Å². The Bertz CT molecular complexity index is 327. The molecule has 7 heteroatoms. The Hall–Kier alpha value is -1.50. The molecule has 0 radical (unpaired) electrons. The normalized spacial score (nSPS) is 11.4. The first-order valence-corrected chi connectivity index (χ1v) is 4.13. The molecule has 1 heterocycles. The minimum atomic E-state index is -0.576. The fourth-order valence-corrected chi connectivity index (χ4v) is 0.798. The van der Waals surface area contributed by atoms with E-state index in [2.05, 4.69) is 15.5 Å². The van der Waals surface area contributed by atoms with Gasteiger partial charge < -0.3 is 10.5 Å². The van der Waals surface area contributed by atoms with Gasteiger partial charge >= 0.3 is 5.97 Å². The average Bonchev–Trinajstić information content (AvgIpc) is 2.47. The molecule has 0 aliphatic rings. The molecule has 0 fully saturated rings. The lowest BCUT2D eigenvalue weighted by Gasteiger charge is -2.18. The number of tetrazole rings is 1. The van der Waals surface area contributed by atoms with Crippen LogP contribution in [0.2, 0.25) is 0 Å². The number of carbonyl (C=O) groups is 1. The number of ether oxygens (including phenoxy) is 1. The van der Waals surface area contributed by atoms with Crippen molar-refractivity contribution in [2.24, 2.45) is 5.73 Å². The van der Waals surface area contributed by atoms with Crippen molar-refractivity contribution in [3.63, 3.8) is 0 Å². The van der Waals surface area contributed by atoms with E-state index in [1.165, 1.54) is 4.68 Å². The monoisotopic (exact) mass is 199 g/mol. The molecule has 14 heavy (non-hydrogen) atoms. The maximum absolute atomic E-state index is 11.5. The van der Waals surface area contributed by atoms with Crippen LogP contribution < -0.4 is 5.73 Å². The minimum Gasteiger partial charge on any atom is -0.454 e. The molecule has 78 valence electrons. The molecule has 0 aliphatic heterocycles. The third kappa shape index (κ3) is 2.49. The van der Waals surface area contributed by atoms with E-state index >= 15 is 0 Å². The number of hydrogen-bond acceptors (Lipinski definition) is 6. The molecule has 7 nitrogen and oxygen atoms in total. The molecule has 1 rings (SSSR count). The van der Waals surface area contributed by atoms with E-state index in [9.17, 15) is 4.79 Å². The lowest BCUT2D eigenvalue weighted by atomic mass is 10.2. The molecule has 1 aromatic rings. The van der Waals surface area contributed by atoms with Crippen molar-refractivity contribution in [3.8, 4) is 0 Å². The highest BCUT2D eigenvalue weighted by molar-refractivity contribution is 5.85. The molecule has 0 amide bonds. The smallest absolute Gasteiger partial charge is 0.378 e. The van der Waals surface area contributed by atoms with Crippen LogP contribution in [0.3, 0.4) is 0 Å². The molecule has 2 N–H and O–H groups in total. The van der Waals surface area contributed by atoms with E-state index in [0.717, 1.165) is 0 Å². The predicted octanol–water partition coefficient (Wildman–Crippen LogP) is -0.455. The fourth-order valence-electron chi connectivity index (χ4n) is 0.798. The van der Waals surface area contributed by atoms with Gasteiger partial charge in [0.15, 0.2) is 0 Å². The van der Waals surface area contributed by atoms with Crippen molar-refractivity contribution >= 4 is 5.97 Å². The van der Waals surface area contributed by atoms with E-state index in [0.29, 0.717) is 0 Å². The Morgan fingerprint density at radius 3 is 2.71 bits per heavy atom. The van der Waals surface area contributed by atoms with Gasteiger partial charge in [0.2, 0.25) is 0 Å². The summed E-state index contributed by atoms with van der Waals surface area (Å²) >= 11 is 0. The zero-order chi connectivity index (χ0) is 10.8. The summed E-state index contributed by atoms with van der Waals surface area (Å²) < 4.78 is 6.24. The number of esters is 1. The molecule has 0 saturated heterocycles. The van der Waals surface area contributed by atoms with Crippen LogP contribution >= 0.6 is 0 Å². The number of aromatic nitrogens is 4. The maximum atomic E-state index is 11.5. The molecule has 0 saturated carbocycles. The summed E-state index contributed by atoms with van der Waals surface area (Å²) in [7, 11) is 0. The second kappa shape index (κ2) is 3.70. The fraction of sp³-hybridized carbons (Fsp3) is 0.714. The number of nitrogens with two attached hydrogens (primary N) is 1. The first kappa shape index (κ1) is 10.6. The van der Waals surface area contributed by atoms with Gasteiger partial charge in [0, 0.05) is 0 Å². The third-order valence-corrected chi connectivity index (χ3v) is 1.29. The van der Waals surface area contributed by atoms with Crippen LogP contribution in [0.4, 0.5) is 0 Å². The first-order chi connectivity index (χ1) is 6.44. The highest BCUT2D eigenvalue weighted by atomic mass is 16.6. The third-order valence-electron chi connectivity index (χ3n) is 1.29. The van der Waals surface area contributed by atoms with Gasteiger partial charge in [-0.15, -0.1) is 5.10 Å². The second-order valence-corrected chi connectivity index (χ2v) is 3.69. The maximum Gasteiger partial charge on any atom is 0.378 e. The molecular formula is C7H13N5O2. The molecular weight excluding hydrogens is 186 g/mol. The van der Waals surface area contributed by atoms with Gasteiger partial charge in [-0.25, -0.2) is 9.48 Å². The van der Waals surface area contributed by atoms with Gasteiger partial charge in [0.1, 0.15) is 5.60 Å². The van der Waals surface area contributed by atoms with Crippen molar-refractivity contribution in [2.45, 2.75) is 33.0 Å². The highest BCUT2D eigenvalue weighted by Gasteiger charge is 2.22. The summed E-state index contributed by atoms with van der Waals surface area (Å²) in [5.41, 5.74) is 4.74. The van der Waals surface area contributed by atoms with Crippen molar-refractivity contribution in [2.75, 3.05) is 0 Å². The quantitative estimate of drug-likeness (QED) is 0.648. The number of nitrogens with zero attached hydrogens (tertiary/aromatic N) is 4. The topological polar surface area (TPSA) is 95.9 Å². The Kier molecular flexibility index (Phi) is 2.80. The van der Waals surface area contributed by atoms with Crippen molar-refractivity contribution in [1.29, 1.82) is 0 Å². The van der Waals surface area contributed by atoms with Crippen LogP contribution in [0.25, 0.3) is 0 Å². The van der Waals surface area contributed by atoms with Gasteiger partial charge in [-0.2, -0.15) is 0 Å². The van der Waals surface area contributed by atoms with E-state index < -0.39 is 11.6 Å². The summed E-state index contributed by atoms with van der Waals surface area (Å²) in [6.45, 7) is 5.34. The Labute approximate surface area is 81.2 Å². The average molecular weight is 199 g/mol. The lowest BCUT2D eigenvalue weighted by Crippen LogP contribution is -2.27.